The minimum atomic E-state index is -4.02. The van der Waals surface area contributed by atoms with Crippen molar-refractivity contribution in [3.8, 4) is 6.07 Å². The Hall–Kier alpha value is -3.38. The molecule has 1 aliphatic heterocycles. The molecule has 3 aliphatic rings. The molecule has 2 aromatic rings. The summed E-state index contributed by atoms with van der Waals surface area (Å²) in [6.45, 7) is 5.97. The van der Waals surface area contributed by atoms with Gasteiger partial charge in [0.05, 0.1) is 11.1 Å². The molecule has 2 fully saturated rings. The molecule has 0 saturated heterocycles. The number of ether oxygens (including phenoxy) is 1. The fourth-order valence-corrected chi connectivity index (χ4v) is 6.92. The number of carbonyl (C=O) groups is 1. The van der Waals surface area contributed by atoms with Gasteiger partial charge >= 0.3 is 5.97 Å². The van der Waals surface area contributed by atoms with E-state index in [0.29, 0.717) is 29.5 Å². The Morgan fingerprint density at radius 2 is 1.78 bits per heavy atom. The zero-order valence-corrected chi connectivity index (χ0v) is 24.8. The molecule has 2 saturated carbocycles. The largest absolute Gasteiger partial charge is 0.512 e. The van der Waals surface area contributed by atoms with Crippen molar-refractivity contribution < 1.29 is 23.1 Å². The second-order valence-electron chi connectivity index (χ2n) is 13.1. The molecule has 41 heavy (non-hydrogen) atoms. The molecule has 0 spiro atoms. The van der Waals surface area contributed by atoms with Crippen molar-refractivity contribution in [2.24, 2.45) is 17.3 Å². The van der Waals surface area contributed by atoms with Crippen LogP contribution in [-0.2, 0) is 19.6 Å². The van der Waals surface area contributed by atoms with Gasteiger partial charge in [-0.2, -0.15) is 13.7 Å². The van der Waals surface area contributed by atoms with Crippen LogP contribution in [0.15, 0.2) is 59.0 Å². The lowest BCUT2D eigenvalue weighted by molar-refractivity contribution is -0.162. The number of nitriles is 1. The summed E-state index contributed by atoms with van der Waals surface area (Å²) < 4.78 is 34.9. The highest BCUT2D eigenvalue weighted by molar-refractivity contribution is 7.92. The van der Waals surface area contributed by atoms with E-state index >= 15 is 0 Å². The normalized spacial score (nSPS) is 19.8. The molecule has 1 aromatic heterocycles. The number of rotatable bonds is 11. The van der Waals surface area contributed by atoms with Crippen molar-refractivity contribution in [1.29, 1.82) is 5.26 Å². The van der Waals surface area contributed by atoms with Crippen molar-refractivity contribution >= 4 is 21.7 Å². The van der Waals surface area contributed by atoms with Crippen molar-refractivity contribution in [2.75, 3.05) is 4.72 Å². The lowest BCUT2D eigenvalue weighted by atomic mass is 9.70. The van der Waals surface area contributed by atoms with Crippen LogP contribution < -0.4 is 4.72 Å². The van der Waals surface area contributed by atoms with E-state index < -0.39 is 32.9 Å². The summed E-state index contributed by atoms with van der Waals surface area (Å²) in [6.07, 6.45) is 10.0. The minimum Gasteiger partial charge on any atom is -0.512 e. The lowest BCUT2D eigenvalue weighted by Gasteiger charge is -2.41. The number of esters is 1. The standard InChI is InChI=1S/C32H39N3O5S/c1-31(2,3)29(24-5-4-6-25(17-24)35-41(38,39)27-12-11-23(19-33)20-34-27)28-26(36)18-32(40-30(28)37,15-13-21-7-8-21)16-14-22-9-10-22/h4-6,11-12,17,20-22,29,35-36H,7-10,13-16,18H2,1-3H3. The third-order valence-electron chi connectivity index (χ3n) is 8.51. The van der Waals surface area contributed by atoms with E-state index in [1.807, 2.05) is 32.9 Å². The van der Waals surface area contributed by atoms with Crippen LogP contribution in [0.1, 0.15) is 95.6 Å². The van der Waals surface area contributed by atoms with Crippen LogP contribution in [0.4, 0.5) is 5.69 Å². The third-order valence-corrected chi connectivity index (χ3v) is 9.80. The molecular weight excluding hydrogens is 538 g/mol. The van der Waals surface area contributed by atoms with E-state index in [2.05, 4.69) is 9.71 Å². The number of pyridine rings is 1. The molecule has 1 aromatic carbocycles. The Balaban J connectivity index is 1.43. The number of hydrogen-bond acceptors (Lipinski definition) is 7. The minimum absolute atomic E-state index is 0.0838. The number of aliphatic hydroxyl groups excluding tert-OH is 1. The quantitative estimate of drug-likeness (QED) is 0.282. The maximum absolute atomic E-state index is 13.8. The second kappa shape index (κ2) is 11.1. The predicted molar refractivity (Wildman–Crippen MR) is 155 cm³/mol. The molecule has 2 aliphatic carbocycles. The highest BCUT2D eigenvalue weighted by Gasteiger charge is 2.47. The summed E-state index contributed by atoms with van der Waals surface area (Å²) in [5.74, 6) is 0.477. The smallest absolute Gasteiger partial charge is 0.338 e. The van der Waals surface area contributed by atoms with Crippen LogP contribution >= 0.6 is 0 Å². The predicted octanol–water partition coefficient (Wildman–Crippen LogP) is 6.76. The van der Waals surface area contributed by atoms with Crippen molar-refractivity contribution in [2.45, 2.75) is 95.1 Å². The molecule has 1 unspecified atom stereocenters. The molecule has 5 rings (SSSR count). The number of aromatic nitrogens is 1. The molecule has 0 amide bonds. The summed E-state index contributed by atoms with van der Waals surface area (Å²) in [5.41, 5.74) is 0.346. The van der Waals surface area contributed by atoms with Crippen LogP contribution in [0.5, 0.6) is 0 Å². The van der Waals surface area contributed by atoms with E-state index in [9.17, 15) is 18.3 Å². The Labute approximate surface area is 242 Å². The summed E-state index contributed by atoms with van der Waals surface area (Å²) >= 11 is 0. The number of hydrogen-bond donors (Lipinski definition) is 2. The summed E-state index contributed by atoms with van der Waals surface area (Å²) in [7, 11) is -4.02. The van der Waals surface area contributed by atoms with Gasteiger partial charge in [-0.05, 0) is 72.8 Å². The lowest BCUT2D eigenvalue weighted by Crippen LogP contribution is -2.42. The first-order valence-corrected chi connectivity index (χ1v) is 16.0. The number of aliphatic hydroxyl groups is 1. The van der Waals surface area contributed by atoms with Crippen molar-refractivity contribution in [3.63, 3.8) is 0 Å². The van der Waals surface area contributed by atoms with Crippen LogP contribution in [-0.4, -0.2) is 30.1 Å². The van der Waals surface area contributed by atoms with E-state index in [1.54, 1.807) is 18.2 Å². The summed E-state index contributed by atoms with van der Waals surface area (Å²) in [6, 6.07) is 11.5. The number of carbonyl (C=O) groups excluding carboxylic acids is 1. The Kier molecular flexibility index (Phi) is 7.90. The first kappa shape index (κ1) is 29.1. The van der Waals surface area contributed by atoms with Crippen molar-refractivity contribution in [1.82, 2.24) is 4.98 Å². The van der Waals surface area contributed by atoms with Gasteiger partial charge in [-0.15, -0.1) is 0 Å². The summed E-state index contributed by atoms with van der Waals surface area (Å²) in [4.78, 5) is 17.7. The summed E-state index contributed by atoms with van der Waals surface area (Å²) in [5, 5.41) is 20.3. The van der Waals surface area contributed by atoms with Crippen LogP contribution in [0.25, 0.3) is 0 Å². The third kappa shape index (κ3) is 6.92. The number of cyclic esters (lactones) is 1. The monoisotopic (exact) mass is 577 g/mol. The number of anilines is 1. The molecule has 218 valence electrons. The molecule has 2 heterocycles. The Morgan fingerprint density at radius 1 is 1.12 bits per heavy atom. The van der Waals surface area contributed by atoms with Crippen LogP contribution in [0, 0.1) is 28.6 Å². The second-order valence-corrected chi connectivity index (χ2v) is 14.7. The first-order valence-electron chi connectivity index (χ1n) is 14.5. The van der Waals surface area contributed by atoms with Crippen LogP contribution in [0.3, 0.4) is 0 Å². The van der Waals surface area contributed by atoms with E-state index in [4.69, 9.17) is 10.00 Å². The molecule has 0 radical (unpaired) electrons. The van der Waals surface area contributed by atoms with Gasteiger partial charge in [0.25, 0.3) is 10.0 Å². The van der Waals surface area contributed by atoms with E-state index in [0.717, 1.165) is 25.7 Å². The van der Waals surface area contributed by atoms with Crippen LogP contribution in [0.2, 0.25) is 0 Å². The SMILES string of the molecule is CC(C)(C)C(C1=C(O)CC(CCC2CC2)(CCC2CC2)OC1=O)c1cccc(NS(=O)(=O)c2ccc(C#N)cn2)c1. The topological polar surface area (TPSA) is 129 Å². The highest BCUT2D eigenvalue weighted by atomic mass is 32.2. The highest BCUT2D eigenvalue weighted by Crippen LogP contribution is 2.49. The zero-order chi connectivity index (χ0) is 29.4. The van der Waals surface area contributed by atoms with E-state index in [-0.39, 0.29) is 21.9 Å². The Bertz CT molecular complexity index is 1460. The number of benzene rings is 1. The fraction of sp³-hybridized carbons (Fsp3) is 0.531. The molecule has 1 atom stereocenters. The number of sulfonamides is 1. The average molecular weight is 578 g/mol. The molecule has 2 N–H and O–H groups in total. The van der Waals surface area contributed by atoms with Crippen molar-refractivity contribution in [3.05, 3.63) is 65.1 Å². The van der Waals surface area contributed by atoms with Gasteiger partial charge in [0, 0.05) is 24.2 Å². The van der Waals surface area contributed by atoms with Gasteiger partial charge in [0.2, 0.25) is 0 Å². The maximum Gasteiger partial charge on any atom is 0.338 e. The van der Waals surface area contributed by atoms with Gasteiger partial charge in [0.1, 0.15) is 17.4 Å². The fourth-order valence-electron chi connectivity index (χ4n) is 5.94. The van der Waals surface area contributed by atoms with Gasteiger partial charge in [0.15, 0.2) is 5.03 Å². The van der Waals surface area contributed by atoms with Gasteiger partial charge < -0.3 is 9.84 Å². The van der Waals surface area contributed by atoms with Gasteiger partial charge in [-0.25, -0.2) is 9.78 Å². The Morgan fingerprint density at radius 3 is 2.29 bits per heavy atom. The zero-order valence-electron chi connectivity index (χ0n) is 24.0. The molecule has 0 bridgehead atoms. The molecule has 9 heteroatoms. The molecular formula is C32H39N3O5S. The van der Waals surface area contributed by atoms with Gasteiger partial charge in [-0.3, -0.25) is 4.72 Å². The number of nitrogens with one attached hydrogen (secondary N) is 1. The molecule has 8 nitrogen and oxygen atoms in total. The number of nitrogens with zero attached hydrogens (tertiary/aromatic N) is 2. The van der Waals surface area contributed by atoms with E-state index in [1.165, 1.54) is 44.0 Å². The maximum atomic E-state index is 13.8. The van der Waals surface area contributed by atoms with Gasteiger partial charge in [-0.1, -0.05) is 58.6 Å². The first-order chi connectivity index (χ1) is 19.4. The average Bonchev–Trinajstić information content (AvgIpc) is 3.83.